The number of benzene rings is 2. The Morgan fingerprint density at radius 3 is 2.77 bits per heavy atom. The van der Waals surface area contributed by atoms with Gasteiger partial charge in [-0.3, -0.25) is 4.79 Å². The van der Waals surface area contributed by atoms with Gasteiger partial charge in [-0.15, -0.1) is 0 Å². The summed E-state index contributed by atoms with van der Waals surface area (Å²) in [6, 6.07) is 17.2. The molecule has 1 heterocycles. The van der Waals surface area contributed by atoms with E-state index in [0.29, 0.717) is 34.5 Å². The summed E-state index contributed by atoms with van der Waals surface area (Å²) in [6.07, 6.45) is 1.37. The van der Waals surface area contributed by atoms with Gasteiger partial charge in [0, 0.05) is 5.56 Å². The van der Waals surface area contributed by atoms with Gasteiger partial charge in [-0.1, -0.05) is 35.9 Å². The summed E-state index contributed by atoms with van der Waals surface area (Å²) >= 11 is 5.96. The number of carbonyl (C=O) groups excluding carboxylic acids is 2. The first-order valence-electron chi connectivity index (χ1n) is 9.13. The van der Waals surface area contributed by atoms with E-state index in [9.17, 15) is 9.59 Å². The molecule has 0 atom stereocenters. The van der Waals surface area contributed by atoms with Crippen molar-refractivity contribution in [3.63, 3.8) is 0 Å². The summed E-state index contributed by atoms with van der Waals surface area (Å²) in [5.74, 6) is 0.559. The number of ether oxygens (including phenoxy) is 2. The molecule has 0 saturated carbocycles. The number of amides is 1. The molecular weight excluding hydrogens is 408 g/mol. The number of halogens is 1. The lowest BCUT2D eigenvalue weighted by molar-refractivity contribution is -0.123. The van der Waals surface area contributed by atoms with Crippen LogP contribution in [-0.2, 0) is 9.53 Å². The maximum Gasteiger partial charge on any atom is 0.338 e. The minimum absolute atomic E-state index is 0.231. The molecule has 3 rings (SSSR count). The molecule has 154 valence electrons. The zero-order valence-electron chi connectivity index (χ0n) is 16.1. The van der Waals surface area contributed by atoms with Crippen LogP contribution in [0.3, 0.4) is 0 Å². The van der Waals surface area contributed by atoms with Crippen molar-refractivity contribution in [2.24, 2.45) is 5.10 Å². The summed E-state index contributed by atoms with van der Waals surface area (Å²) in [5, 5.41) is 4.27. The summed E-state index contributed by atoms with van der Waals surface area (Å²) in [4.78, 5) is 23.7. The molecule has 1 amide bonds. The summed E-state index contributed by atoms with van der Waals surface area (Å²) in [5.41, 5.74) is 3.51. The van der Waals surface area contributed by atoms with Gasteiger partial charge in [0.05, 0.1) is 23.4 Å². The Labute approximate surface area is 178 Å². The average Bonchev–Trinajstić information content (AvgIpc) is 3.22. The van der Waals surface area contributed by atoms with Crippen molar-refractivity contribution in [1.29, 1.82) is 0 Å². The van der Waals surface area contributed by atoms with Crippen molar-refractivity contribution in [2.75, 3.05) is 13.2 Å². The molecule has 7 nitrogen and oxygen atoms in total. The van der Waals surface area contributed by atoms with Crippen LogP contribution < -0.4 is 10.2 Å². The lowest BCUT2D eigenvalue weighted by Crippen LogP contribution is -2.24. The molecule has 1 aromatic heterocycles. The third kappa shape index (κ3) is 5.71. The third-order valence-electron chi connectivity index (χ3n) is 3.86. The molecule has 0 spiro atoms. The Bertz CT molecular complexity index is 1060. The fraction of sp³-hybridized carbons (Fsp3) is 0.136. The summed E-state index contributed by atoms with van der Waals surface area (Å²) in [6.45, 7) is 1.83. The van der Waals surface area contributed by atoms with Gasteiger partial charge in [0.2, 0.25) is 0 Å². The van der Waals surface area contributed by atoms with E-state index in [1.54, 1.807) is 61.5 Å². The van der Waals surface area contributed by atoms with Crippen LogP contribution in [0.5, 0.6) is 5.75 Å². The van der Waals surface area contributed by atoms with Crippen molar-refractivity contribution in [3.8, 4) is 17.1 Å². The molecule has 2 aromatic carbocycles. The SMILES string of the molecule is CCOC(=O)c1cccc(-c2ccc(/C=N\NC(=O)COc3ccccc3Cl)o2)c1. The van der Waals surface area contributed by atoms with E-state index in [4.69, 9.17) is 25.5 Å². The second-order valence-electron chi connectivity index (χ2n) is 6.02. The number of hydrazone groups is 1. The summed E-state index contributed by atoms with van der Waals surface area (Å²) in [7, 11) is 0. The second-order valence-corrected chi connectivity index (χ2v) is 6.42. The van der Waals surface area contributed by atoms with Gasteiger partial charge in [-0.2, -0.15) is 5.10 Å². The topological polar surface area (TPSA) is 90.1 Å². The number of para-hydroxylation sites is 1. The van der Waals surface area contributed by atoms with E-state index in [1.165, 1.54) is 6.21 Å². The van der Waals surface area contributed by atoms with Crippen molar-refractivity contribution < 1.29 is 23.5 Å². The molecule has 0 bridgehead atoms. The standard InChI is InChI=1S/C22H19ClN2O5/c1-2-28-22(27)16-7-5-6-15(12-16)19-11-10-17(30-19)13-24-25-21(26)14-29-20-9-4-3-8-18(20)23/h3-13H,2,14H2,1H3,(H,25,26)/b24-13-. The highest BCUT2D eigenvalue weighted by Gasteiger charge is 2.10. The van der Waals surface area contributed by atoms with Gasteiger partial charge in [0.25, 0.3) is 5.91 Å². The lowest BCUT2D eigenvalue weighted by atomic mass is 10.1. The van der Waals surface area contributed by atoms with Crippen molar-refractivity contribution in [1.82, 2.24) is 5.43 Å². The van der Waals surface area contributed by atoms with Gasteiger partial charge in [-0.05, 0) is 43.3 Å². The minimum atomic E-state index is -0.444. The van der Waals surface area contributed by atoms with E-state index in [0.717, 1.165) is 5.56 Å². The molecule has 0 aliphatic heterocycles. The maximum absolute atomic E-state index is 11.9. The zero-order valence-corrected chi connectivity index (χ0v) is 16.9. The molecule has 3 aromatic rings. The highest BCUT2D eigenvalue weighted by atomic mass is 35.5. The van der Waals surface area contributed by atoms with Crippen molar-refractivity contribution >= 4 is 29.7 Å². The monoisotopic (exact) mass is 426 g/mol. The number of rotatable bonds is 8. The molecule has 0 aliphatic carbocycles. The Morgan fingerprint density at radius 1 is 1.13 bits per heavy atom. The number of nitrogens with zero attached hydrogens (tertiary/aromatic N) is 1. The zero-order chi connectivity index (χ0) is 21.3. The molecule has 0 aliphatic rings. The van der Waals surface area contributed by atoms with Gasteiger partial charge in [-0.25, -0.2) is 10.2 Å². The van der Waals surface area contributed by atoms with E-state index in [-0.39, 0.29) is 6.61 Å². The van der Waals surface area contributed by atoms with Gasteiger partial charge >= 0.3 is 5.97 Å². The predicted octanol–water partition coefficient (Wildman–Crippen LogP) is 4.31. The largest absolute Gasteiger partial charge is 0.482 e. The van der Waals surface area contributed by atoms with Crippen LogP contribution in [0.4, 0.5) is 0 Å². The molecule has 8 heteroatoms. The third-order valence-corrected chi connectivity index (χ3v) is 4.17. The van der Waals surface area contributed by atoms with Gasteiger partial charge < -0.3 is 13.9 Å². The van der Waals surface area contributed by atoms with Gasteiger partial charge in [0.15, 0.2) is 6.61 Å². The molecule has 30 heavy (non-hydrogen) atoms. The summed E-state index contributed by atoms with van der Waals surface area (Å²) < 4.78 is 16.0. The molecular formula is C22H19ClN2O5. The molecule has 0 radical (unpaired) electrons. The fourth-order valence-electron chi connectivity index (χ4n) is 2.50. The number of carbonyl (C=O) groups is 2. The van der Waals surface area contributed by atoms with Gasteiger partial charge in [0.1, 0.15) is 17.3 Å². The maximum atomic E-state index is 11.9. The highest BCUT2D eigenvalue weighted by molar-refractivity contribution is 6.32. The van der Waals surface area contributed by atoms with E-state index >= 15 is 0 Å². The Morgan fingerprint density at radius 2 is 1.97 bits per heavy atom. The molecule has 0 fully saturated rings. The first-order chi connectivity index (χ1) is 14.6. The fourth-order valence-corrected chi connectivity index (χ4v) is 2.69. The van der Waals surface area contributed by atoms with Crippen molar-refractivity contribution in [3.05, 3.63) is 77.0 Å². The average molecular weight is 427 g/mol. The number of hydrogen-bond donors (Lipinski definition) is 1. The first-order valence-corrected chi connectivity index (χ1v) is 9.51. The number of esters is 1. The quantitative estimate of drug-likeness (QED) is 0.329. The van der Waals surface area contributed by atoms with Crippen LogP contribution in [0.25, 0.3) is 11.3 Å². The van der Waals surface area contributed by atoms with Crippen LogP contribution in [0, 0.1) is 0 Å². The van der Waals surface area contributed by atoms with E-state index < -0.39 is 11.9 Å². The Hall–Kier alpha value is -3.58. The van der Waals surface area contributed by atoms with Crippen LogP contribution >= 0.6 is 11.6 Å². The number of nitrogens with one attached hydrogen (secondary N) is 1. The smallest absolute Gasteiger partial charge is 0.338 e. The van der Waals surface area contributed by atoms with Crippen LogP contribution in [0.2, 0.25) is 5.02 Å². The molecule has 1 N–H and O–H groups in total. The first kappa shape index (κ1) is 21.1. The lowest BCUT2D eigenvalue weighted by Gasteiger charge is -2.06. The number of furan rings is 1. The Kier molecular flexibility index (Phi) is 7.24. The highest BCUT2D eigenvalue weighted by Crippen LogP contribution is 2.23. The second kappa shape index (κ2) is 10.3. The van der Waals surface area contributed by atoms with Crippen LogP contribution in [-0.4, -0.2) is 31.3 Å². The minimum Gasteiger partial charge on any atom is -0.482 e. The Balaban J connectivity index is 1.56. The van der Waals surface area contributed by atoms with Crippen molar-refractivity contribution in [2.45, 2.75) is 6.92 Å². The molecule has 0 saturated heterocycles. The molecule has 0 unspecified atom stereocenters. The van der Waals surface area contributed by atoms with E-state index in [1.807, 2.05) is 6.07 Å². The predicted molar refractivity (Wildman–Crippen MR) is 113 cm³/mol. The van der Waals surface area contributed by atoms with Crippen LogP contribution in [0.15, 0.2) is 70.2 Å². The van der Waals surface area contributed by atoms with E-state index in [2.05, 4.69) is 10.5 Å². The normalized spacial score (nSPS) is 10.7. The number of hydrogen-bond acceptors (Lipinski definition) is 6. The van der Waals surface area contributed by atoms with Crippen LogP contribution in [0.1, 0.15) is 23.0 Å².